The van der Waals surface area contributed by atoms with Crippen LogP contribution in [0, 0.1) is 5.92 Å². The number of ether oxygens (including phenoxy) is 1. The van der Waals surface area contributed by atoms with Crippen molar-refractivity contribution in [2.45, 2.75) is 30.7 Å². The molecular weight excluding hydrogens is 215 g/mol. The molecule has 0 spiro atoms. The first-order valence-electron chi connectivity index (χ1n) is 3.86. The number of carboxylic acid groups (broad SMARTS) is 1. The van der Waals surface area contributed by atoms with Gasteiger partial charge in [0, 0.05) is 17.9 Å². The van der Waals surface area contributed by atoms with Crippen molar-refractivity contribution >= 4 is 29.2 Å². The second-order valence-corrected chi connectivity index (χ2v) is 4.76. The molecule has 0 heterocycles. The molecular formula is C8H14Cl2O3. The lowest BCUT2D eigenvalue weighted by Crippen LogP contribution is -2.35. The molecule has 0 bridgehead atoms. The van der Waals surface area contributed by atoms with E-state index >= 15 is 0 Å². The van der Waals surface area contributed by atoms with Crippen LogP contribution in [-0.2, 0) is 9.53 Å². The van der Waals surface area contributed by atoms with Gasteiger partial charge in [-0.15, -0.1) is 11.6 Å². The highest BCUT2D eigenvalue weighted by molar-refractivity contribution is 6.25. The molecule has 0 aliphatic carbocycles. The summed E-state index contributed by atoms with van der Waals surface area (Å²) in [6.07, 6.45) is -0.0987. The first kappa shape index (κ1) is 13.0. The van der Waals surface area contributed by atoms with Gasteiger partial charge in [-0.2, -0.15) is 0 Å². The summed E-state index contributed by atoms with van der Waals surface area (Å²) in [5.41, 5.74) is -0.677. The molecule has 1 N–H and O–H groups in total. The van der Waals surface area contributed by atoms with Gasteiger partial charge in [0.15, 0.2) is 0 Å². The van der Waals surface area contributed by atoms with Crippen LogP contribution < -0.4 is 0 Å². The molecule has 0 aromatic heterocycles. The van der Waals surface area contributed by atoms with E-state index in [0.717, 1.165) is 0 Å². The summed E-state index contributed by atoms with van der Waals surface area (Å²) in [6, 6.07) is 0. The Balaban J connectivity index is 4.46. The molecule has 0 aromatic carbocycles. The third-order valence-corrected chi connectivity index (χ3v) is 2.58. The molecule has 0 rings (SSSR count). The predicted molar refractivity (Wildman–Crippen MR) is 52.3 cm³/mol. The molecule has 2 unspecified atom stereocenters. The molecule has 0 aromatic rings. The van der Waals surface area contributed by atoms with E-state index in [1.54, 1.807) is 13.8 Å². The molecule has 78 valence electrons. The smallest absolute Gasteiger partial charge is 0.303 e. The highest BCUT2D eigenvalue weighted by Gasteiger charge is 2.35. The molecule has 0 fully saturated rings. The minimum absolute atomic E-state index is 0.0987. The lowest BCUT2D eigenvalue weighted by atomic mass is 9.92. The van der Waals surface area contributed by atoms with Gasteiger partial charge in [0.05, 0.1) is 6.42 Å². The summed E-state index contributed by atoms with van der Waals surface area (Å²) < 4.78 is 4.86. The second-order valence-electron chi connectivity index (χ2n) is 3.36. The number of aliphatic carboxylic acids is 1. The van der Waals surface area contributed by atoms with Crippen LogP contribution in [0.1, 0.15) is 20.3 Å². The summed E-state index contributed by atoms with van der Waals surface area (Å²) in [5.74, 6) is -1.35. The van der Waals surface area contributed by atoms with Gasteiger partial charge in [-0.3, -0.25) is 4.79 Å². The van der Waals surface area contributed by atoms with Crippen molar-refractivity contribution < 1.29 is 14.6 Å². The number of carbonyl (C=O) groups is 1. The Bertz CT molecular complexity index is 177. The van der Waals surface area contributed by atoms with Crippen LogP contribution in [0.15, 0.2) is 0 Å². The highest BCUT2D eigenvalue weighted by Crippen LogP contribution is 2.32. The fourth-order valence-electron chi connectivity index (χ4n) is 0.999. The maximum atomic E-state index is 10.5. The van der Waals surface area contributed by atoms with Crippen molar-refractivity contribution in [3.8, 4) is 0 Å². The van der Waals surface area contributed by atoms with Gasteiger partial charge in [-0.05, 0) is 13.8 Å². The Kier molecular flexibility index (Phi) is 5.04. The van der Waals surface area contributed by atoms with Crippen LogP contribution in [0.2, 0.25) is 0 Å². The van der Waals surface area contributed by atoms with E-state index < -0.39 is 22.3 Å². The molecule has 0 aliphatic rings. The second kappa shape index (κ2) is 5.03. The Morgan fingerprint density at radius 3 is 2.31 bits per heavy atom. The van der Waals surface area contributed by atoms with Crippen molar-refractivity contribution in [3.05, 3.63) is 0 Å². The quantitative estimate of drug-likeness (QED) is 0.735. The zero-order valence-corrected chi connectivity index (χ0v) is 9.39. The number of carboxylic acids is 1. The Morgan fingerprint density at radius 1 is 1.62 bits per heavy atom. The summed E-state index contributed by atoms with van der Waals surface area (Å²) in [7, 11) is 1.43. The van der Waals surface area contributed by atoms with Crippen molar-refractivity contribution in [3.63, 3.8) is 0 Å². The van der Waals surface area contributed by atoms with Crippen LogP contribution in [0.5, 0.6) is 0 Å². The van der Waals surface area contributed by atoms with Crippen molar-refractivity contribution in [1.82, 2.24) is 0 Å². The average Bonchev–Trinajstić information content (AvgIpc) is 1.96. The minimum atomic E-state index is -0.929. The number of hydrogen-bond acceptors (Lipinski definition) is 2. The highest BCUT2D eigenvalue weighted by atomic mass is 35.5. The molecule has 2 atom stereocenters. The van der Waals surface area contributed by atoms with Gasteiger partial charge in [0.25, 0.3) is 0 Å². The van der Waals surface area contributed by atoms with E-state index in [1.807, 2.05) is 0 Å². The number of rotatable bonds is 5. The maximum absolute atomic E-state index is 10.5. The van der Waals surface area contributed by atoms with Crippen LogP contribution in [-0.4, -0.2) is 28.6 Å². The lowest BCUT2D eigenvalue weighted by molar-refractivity contribution is -0.139. The fourth-order valence-corrected chi connectivity index (χ4v) is 1.66. The Labute approximate surface area is 88.0 Å². The largest absolute Gasteiger partial charge is 0.481 e. The topological polar surface area (TPSA) is 46.5 Å². The summed E-state index contributed by atoms with van der Waals surface area (Å²) in [4.78, 5) is 9.81. The van der Waals surface area contributed by atoms with E-state index in [0.29, 0.717) is 0 Å². The number of methoxy groups -OCH3 is 1. The first-order chi connectivity index (χ1) is 5.79. The van der Waals surface area contributed by atoms with Gasteiger partial charge >= 0.3 is 5.97 Å². The van der Waals surface area contributed by atoms with Crippen molar-refractivity contribution in [2.24, 2.45) is 5.92 Å². The zero-order valence-electron chi connectivity index (χ0n) is 7.88. The van der Waals surface area contributed by atoms with E-state index in [1.165, 1.54) is 7.11 Å². The van der Waals surface area contributed by atoms with Gasteiger partial charge in [0.1, 0.15) is 5.56 Å². The summed E-state index contributed by atoms with van der Waals surface area (Å²) in [6.45, 7) is 3.44. The molecule has 0 radical (unpaired) electrons. The van der Waals surface area contributed by atoms with E-state index in [-0.39, 0.29) is 6.42 Å². The SMILES string of the molecule is COC(Cl)C(CC(=O)O)C(C)(C)Cl. The average molecular weight is 229 g/mol. The molecule has 0 amide bonds. The Hall–Kier alpha value is 0.01000. The number of hydrogen-bond donors (Lipinski definition) is 1. The van der Waals surface area contributed by atoms with E-state index in [2.05, 4.69) is 0 Å². The molecule has 3 nitrogen and oxygen atoms in total. The van der Waals surface area contributed by atoms with Gasteiger partial charge in [0.2, 0.25) is 0 Å². The third kappa shape index (κ3) is 4.69. The van der Waals surface area contributed by atoms with Gasteiger partial charge in [-0.1, -0.05) is 11.6 Å². The van der Waals surface area contributed by atoms with Crippen LogP contribution in [0.4, 0.5) is 0 Å². The normalized spacial score (nSPS) is 16.7. The van der Waals surface area contributed by atoms with Crippen LogP contribution >= 0.6 is 23.2 Å². The van der Waals surface area contributed by atoms with Crippen molar-refractivity contribution in [2.75, 3.05) is 7.11 Å². The van der Waals surface area contributed by atoms with Crippen LogP contribution in [0.25, 0.3) is 0 Å². The standard InChI is InChI=1S/C8H14Cl2O3/c1-8(2,10)5(4-6(11)12)7(9)13-3/h5,7H,4H2,1-3H3,(H,11,12). The molecule has 0 saturated carbocycles. The Morgan fingerprint density at radius 2 is 2.08 bits per heavy atom. The molecule has 0 saturated heterocycles. The summed E-state index contributed by atoms with van der Waals surface area (Å²) >= 11 is 11.8. The monoisotopic (exact) mass is 228 g/mol. The summed E-state index contributed by atoms with van der Waals surface area (Å²) in [5, 5.41) is 8.62. The maximum Gasteiger partial charge on any atom is 0.303 e. The fraction of sp³-hybridized carbons (Fsp3) is 0.875. The van der Waals surface area contributed by atoms with Crippen LogP contribution in [0.3, 0.4) is 0 Å². The van der Waals surface area contributed by atoms with E-state index in [4.69, 9.17) is 33.0 Å². The third-order valence-electron chi connectivity index (χ3n) is 1.82. The molecule has 0 aliphatic heterocycles. The number of alkyl halides is 2. The lowest BCUT2D eigenvalue weighted by Gasteiger charge is -2.29. The van der Waals surface area contributed by atoms with Crippen molar-refractivity contribution in [1.29, 1.82) is 0 Å². The minimum Gasteiger partial charge on any atom is -0.481 e. The van der Waals surface area contributed by atoms with Gasteiger partial charge in [-0.25, -0.2) is 0 Å². The zero-order chi connectivity index (χ0) is 10.6. The molecule has 13 heavy (non-hydrogen) atoms. The number of halogens is 2. The predicted octanol–water partition coefficient (Wildman–Crippen LogP) is 2.31. The molecule has 5 heteroatoms. The first-order valence-corrected chi connectivity index (χ1v) is 4.68. The van der Waals surface area contributed by atoms with Gasteiger partial charge < -0.3 is 9.84 Å². The van der Waals surface area contributed by atoms with E-state index in [9.17, 15) is 4.79 Å².